The van der Waals surface area contributed by atoms with E-state index < -0.39 is 24.5 Å². The molecular weight excluding hydrogens is 279 g/mol. The van der Waals surface area contributed by atoms with Gasteiger partial charge in [-0.1, -0.05) is 18.5 Å². The van der Waals surface area contributed by atoms with Crippen molar-refractivity contribution >= 4 is 28.9 Å². The van der Waals surface area contributed by atoms with Gasteiger partial charge in [-0.3, -0.25) is 4.79 Å². The van der Waals surface area contributed by atoms with Crippen LogP contribution in [0.4, 0.5) is 13.2 Å². The van der Waals surface area contributed by atoms with Crippen LogP contribution in [0.2, 0.25) is 5.15 Å². The molecule has 0 aliphatic heterocycles. The zero-order valence-electron chi connectivity index (χ0n) is 8.75. The number of aromatic nitrogens is 1. The number of hydrogen-bond acceptors (Lipinski definition) is 4. The Kier molecular flexibility index (Phi) is 4.76. The highest BCUT2D eigenvalue weighted by atomic mass is 35.5. The molecule has 1 atom stereocenters. The molecule has 0 aliphatic carbocycles. The second-order valence-electron chi connectivity index (χ2n) is 3.39. The average molecular weight is 288 g/mol. The summed E-state index contributed by atoms with van der Waals surface area (Å²) in [6.45, 7) is 1.02. The van der Waals surface area contributed by atoms with Crippen molar-refractivity contribution in [1.29, 1.82) is 0 Å². The first kappa shape index (κ1) is 14.2. The van der Waals surface area contributed by atoms with Crippen molar-refractivity contribution in [3.05, 3.63) is 15.5 Å². The predicted molar refractivity (Wildman–Crippen MR) is 56.8 cm³/mol. The van der Waals surface area contributed by atoms with Crippen LogP contribution in [-0.4, -0.2) is 17.1 Å². The average Bonchev–Trinajstić information content (AvgIpc) is 2.57. The molecule has 0 aromatic carbocycles. The summed E-state index contributed by atoms with van der Waals surface area (Å²) in [5.74, 6) is -2.12. The summed E-state index contributed by atoms with van der Waals surface area (Å²) in [6, 6.07) is 0. The molecule has 1 aromatic rings. The highest BCUT2D eigenvalue weighted by Crippen LogP contribution is 2.26. The van der Waals surface area contributed by atoms with E-state index >= 15 is 0 Å². The molecule has 0 saturated carbocycles. The maximum Gasteiger partial charge on any atom is 0.389 e. The number of hydrogen-bond donors (Lipinski definition) is 0. The summed E-state index contributed by atoms with van der Waals surface area (Å²) >= 11 is 6.81. The lowest BCUT2D eigenvalue weighted by Gasteiger charge is -2.12. The van der Waals surface area contributed by atoms with Crippen molar-refractivity contribution in [3.63, 3.8) is 0 Å². The van der Waals surface area contributed by atoms with E-state index in [2.05, 4.69) is 4.98 Å². The second kappa shape index (κ2) is 5.68. The Labute approximate surface area is 105 Å². The normalized spacial score (nSPS) is 13.5. The van der Waals surface area contributed by atoms with Crippen LogP contribution in [0.25, 0.3) is 0 Å². The van der Waals surface area contributed by atoms with Crippen LogP contribution in [0.1, 0.15) is 18.2 Å². The van der Waals surface area contributed by atoms with Crippen molar-refractivity contribution in [1.82, 2.24) is 4.98 Å². The fourth-order valence-electron chi connectivity index (χ4n) is 1.06. The third-order valence-corrected chi connectivity index (χ3v) is 3.12. The Morgan fingerprint density at radius 1 is 1.65 bits per heavy atom. The van der Waals surface area contributed by atoms with E-state index in [9.17, 15) is 18.0 Å². The van der Waals surface area contributed by atoms with E-state index in [-0.39, 0.29) is 11.8 Å². The molecule has 0 spiro atoms. The largest absolute Gasteiger partial charge is 0.460 e. The van der Waals surface area contributed by atoms with Crippen molar-refractivity contribution in [2.24, 2.45) is 5.92 Å². The van der Waals surface area contributed by atoms with Gasteiger partial charge in [-0.25, -0.2) is 4.98 Å². The first-order valence-corrected chi connectivity index (χ1v) is 5.86. The monoisotopic (exact) mass is 287 g/mol. The molecule has 0 aliphatic rings. The lowest BCUT2D eigenvalue weighted by Crippen LogP contribution is -2.21. The fourth-order valence-corrected chi connectivity index (χ4v) is 1.92. The number of rotatable bonds is 4. The maximum absolute atomic E-state index is 12.0. The van der Waals surface area contributed by atoms with E-state index in [1.165, 1.54) is 23.8 Å². The number of alkyl halides is 3. The molecule has 0 bridgehead atoms. The van der Waals surface area contributed by atoms with Gasteiger partial charge < -0.3 is 4.74 Å². The summed E-state index contributed by atoms with van der Waals surface area (Å²) in [7, 11) is 0. The molecule has 96 valence electrons. The summed E-state index contributed by atoms with van der Waals surface area (Å²) in [5.41, 5.74) is 1.46. The Balaban J connectivity index is 2.42. The molecule has 1 rings (SSSR count). The summed E-state index contributed by atoms with van der Waals surface area (Å²) in [6.07, 6.45) is -5.57. The predicted octanol–water partition coefficient (Wildman–Crippen LogP) is 3.43. The van der Waals surface area contributed by atoms with Crippen molar-refractivity contribution in [3.8, 4) is 0 Å². The van der Waals surface area contributed by atoms with Crippen molar-refractivity contribution in [2.75, 3.05) is 0 Å². The standard InChI is InChI=1S/C9H9ClF3NO2S/c1-5(2-9(11,12)13)8(15)16-3-6-7(10)14-4-17-6/h4-5H,2-3H2,1H3/t5-/m1/s1. The van der Waals surface area contributed by atoms with Gasteiger partial charge in [0.15, 0.2) is 0 Å². The van der Waals surface area contributed by atoms with Gasteiger partial charge in [0.2, 0.25) is 0 Å². The molecule has 17 heavy (non-hydrogen) atoms. The van der Waals surface area contributed by atoms with Gasteiger partial charge in [-0.15, -0.1) is 11.3 Å². The van der Waals surface area contributed by atoms with Crippen molar-refractivity contribution < 1.29 is 22.7 Å². The van der Waals surface area contributed by atoms with Gasteiger partial charge >= 0.3 is 12.1 Å². The number of halogens is 4. The quantitative estimate of drug-likeness (QED) is 0.797. The van der Waals surface area contributed by atoms with Gasteiger partial charge in [0, 0.05) is 0 Å². The van der Waals surface area contributed by atoms with Gasteiger partial charge in [-0.2, -0.15) is 13.2 Å². The smallest absolute Gasteiger partial charge is 0.389 e. The summed E-state index contributed by atoms with van der Waals surface area (Å²) in [4.78, 5) is 15.5. The molecule has 0 radical (unpaired) electrons. The molecule has 3 nitrogen and oxygen atoms in total. The van der Waals surface area contributed by atoms with Gasteiger partial charge in [0.05, 0.1) is 22.7 Å². The Morgan fingerprint density at radius 2 is 2.29 bits per heavy atom. The second-order valence-corrected chi connectivity index (χ2v) is 4.69. The van der Waals surface area contributed by atoms with Crippen LogP contribution >= 0.6 is 22.9 Å². The highest BCUT2D eigenvalue weighted by Gasteiger charge is 2.33. The fraction of sp³-hybridized carbons (Fsp3) is 0.556. The maximum atomic E-state index is 12.0. The molecule has 0 fully saturated rings. The Morgan fingerprint density at radius 3 is 2.76 bits per heavy atom. The highest BCUT2D eigenvalue weighted by molar-refractivity contribution is 7.10. The van der Waals surface area contributed by atoms with Crippen LogP contribution in [0.5, 0.6) is 0 Å². The number of carbonyl (C=O) groups excluding carboxylic acids is 1. The Hall–Kier alpha value is -0.820. The summed E-state index contributed by atoms with van der Waals surface area (Å²) < 4.78 is 40.7. The third-order valence-electron chi connectivity index (χ3n) is 1.88. The third kappa shape index (κ3) is 4.91. The van der Waals surface area contributed by atoms with Crippen LogP contribution in [0.3, 0.4) is 0 Å². The topological polar surface area (TPSA) is 39.2 Å². The molecule has 0 saturated heterocycles. The van der Waals surface area contributed by atoms with Crippen LogP contribution in [0, 0.1) is 5.92 Å². The number of thiazole rings is 1. The summed E-state index contributed by atoms with van der Waals surface area (Å²) in [5, 5.41) is 0.200. The minimum absolute atomic E-state index is 0.148. The number of nitrogens with zero attached hydrogens (tertiary/aromatic N) is 1. The number of esters is 1. The number of ether oxygens (including phenoxy) is 1. The van der Waals surface area contributed by atoms with Gasteiger partial charge in [-0.05, 0) is 0 Å². The SMILES string of the molecule is C[C@H](CC(F)(F)F)C(=O)OCc1scnc1Cl. The first-order valence-electron chi connectivity index (χ1n) is 4.61. The van der Waals surface area contributed by atoms with Crippen LogP contribution < -0.4 is 0 Å². The minimum Gasteiger partial charge on any atom is -0.460 e. The number of carbonyl (C=O) groups is 1. The van der Waals surface area contributed by atoms with E-state index in [4.69, 9.17) is 16.3 Å². The molecule has 1 heterocycles. The van der Waals surface area contributed by atoms with Gasteiger partial charge in [0.1, 0.15) is 11.8 Å². The molecule has 1 aromatic heterocycles. The van der Waals surface area contributed by atoms with Crippen LogP contribution in [0.15, 0.2) is 5.51 Å². The van der Waals surface area contributed by atoms with Crippen LogP contribution in [-0.2, 0) is 16.1 Å². The van der Waals surface area contributed by atoms with E-state index in [1.807, 2.05) is 0 Å². The molecule has 0 unspecified atom stereocenters. The molecule has 8 heteroatoms. The zero-order chi connectivity index (χ0) is 13.1. The Bertz CT molecular complexity index is 394. The van der Waals surface area contributed by atoms with E-state index in [0.29, 0.717) is 4.88 Å². The van der Waals surface area contributed by atoms with Crippen molar-refractivity contribution in [2.45, 2.75) is 26.1 Å². The molecule has 0 amide bonds. The van der Waals surface area contributed by atoms with E-state index in [1.54, 1.807) is 0 Å². The molecular formula is C9H9ClF3NO2S. The lowest BCUT2D eigenvalue weighted by molar-refractivity contribution is -0.167. The minimum atomic E-state index is -4.37. The first-order chi connectivity index (χ1) is 7.79. The van der Waals surface area contributed by atoms with E-state index in [0.717, 1.165) is 0 Å². The lowest BCUT2D eigenvalue weighted by atomic mass is 10.1. The zero-order valence-corrected chi connectivity index (χ0v) is 10.3. The van der Waals surface area contributed by atoms with Gasteiger partial charge in [0.25, 0.3) is 0 Å². The molecule has 0 N–H and O–H groups in total.